The molecule has 0 aliphatic carbocycles. The minimum atomic E-state index is -1.99. The number of Topliss-reactive ketones (excluding diaryl/α,β-unsaturated/α-hetero) is 1. The van der Waals surface area contributed by atoms with Crippen molar-refractivity contribution < 1.29 is 32.4 Å². The van der Waals surface area contributed by atoms with Gasteiger partial charge in [0.05, 0.1) is 23.6 Å². The monoisotopic (exact) mass is 403 g/mol. The van der Waals surface area contributed by atoms with Gasteiger partial charge in [0, 0.05) is 5.56 Å². The van der Waals surface area contributed by atoms with Crippen LogP contribution in [0.1, 0.15) is 43.6 Å². The molecule has 1 atom stereocenters. The van der Waals surface area contributed by atoms with Gasteiger partial charge in [-0.1, -0.05) is 0 Å². The largest absolute Gasteiger partial charge is 0.465 e. The lowest BCUT2D eigenvalue weighted by Crippen LogP contribution is -2.31. The summed E-state index contributed by atoms with van der Waals surface area (Å²) in [6.45, 7) is 6.56. The van der Waals surface area contributed by atoms with Crippen LogP contribution >= 0.6 is 0 Å². The van der Waals surface area contributed by atoms with E-state index in [4.69, 9.17) is 4.74 Å². The lowest BCUT2D eigenvalue weighted by atomic mass is 9.94. The van der Waals surface area contributed by atoms with Crippen LogP contribution in [0.3, 0.4) is 0 Å². The van der Waals surface area contributed by atoms with E-state index in [9.17, 15) is 32.9 Å². The van der Waals surface area contributed by atoms with Crippen molar-refractivity contribution in [1.82, 2.24) is 0 Å². The topological polar surface area (TPSA) is 111 Å². The summed E-state index contributed by atoms with van der Waals surface area (Å²) in [5.74, 6) is -9.82. The first kappa shape index (κ1) is 23.2. The van der Waals surface area contributed by atoms with Gasteiger partial charge in [-0.2, -0.15) is 14.6 Å². The summed E-state index contributed by atoms with van der Waals surface area (Å²) in [5, 5.41) is 18.7. The van der Waals surface area contributed by atoms with E-state index >= 15 is 0 Å². The van der Waals surface area contributed by atoms with Crippen LogP contribution in [0.4, 0.5) is 18.9 Å². The van der Waals surface area contributed by atoms with E-state index < -0.39 is 68.9 Å². The first-order valence-electron chi connectivity index (χ1n) is 8.24. The van der Waals surface area contributed by atoms with Crippen LogP contribution in [0.25, 0.3) is 0 Å². The number of rotatable bonds is 7. The summed E-state index contributed by atoms with van der Waals surface area (Å²) in [7, 11) is 0. The smallest absolute Gasteiger partial charge is 0.321 e. The van der Waals surface area contributed by atoms with E-state index in [0.717, 1.165) is 6.92 Å². The van der Waals surface area contributed by atoms with Crippen LogP contribution in [-0.4, -0.2) is 35.4 Å². The van der Waals surface area contributed by atoms with Crippen molar-refractivity contribution in [3.05, 3.63) is 38.7 Å². The van der Waals surface area contributed by atoms with Crippen molar-refractivity contribution in [3.63, 3.8) is 0 Å². The lowest BCUT2D eigenvalue weighted by Gasteiger charge is -2.15. The number of ketones is 1. The molecular formula is C17H20F3N3O5. The number of hydrogen-bond acceptors (Lipinski definition) is 7. The zero-order chi connectivity index (χ0) is 21.8. The van der Waals surface area contributed by atoms with Crippen molar-refractivity contribution in [1.29, 1.82) is 0 Å². The number of carbonyl (C=O) groups excluding carboxylic acids is 2. The Bertz CT molecular complexity index is 835. The van der Waals surface area contributed by atoms with E-state index in [1.165, 1.54) is 6.92 Å². The van der Waals surface area contributed by atoms with Gasteiger partial charge >= 0.3 is 11.7 Å². The van der Waals surface area contributed by atoms with Crippen LogP contribution in [0.5, 0.6) is 0 Å². The molecule has 1 aromatic rings. The Morgan fingerprint density at radius 1 is 1.18 bits per heavy atom. The summed E-state index contributed by atoms with van der Waals surface area (Å²) in [6.07, 6.45) is 0. The van der Waals surface area contributed by atoms with Crippen molar-refractivity contribution in [2.75, 3.05) is 13.2 Å². The van der Waals surface area contributed by atoms with E-state index in [2.05, 4.69) is 10.2 Å². The average Bonchev–Trinajstić information content (AvgIpc) is 2.58. The molecule has 1 unspecified atom stereocenters. The average molecular weight is 403 g/mol. The quantitative estimate of drug-likeness (QED) is 0.130. The first-order valence-corrected chi connectivity index (χ1v) is 8.24. The second-order valence-corrected chi connectivity index (χ2v) is 6.81. The third kappa shape index (κ3) is 5.11. The maximum Gasteiger partial charge on any atom is 0.321 e. The predicted octanol–water partition coefficient (Wildman–Crippen LogP) is 3.93. The zero-order valence-corrected chi connectivity index (χ0v) is 16.0. The van der Waals surface area contributed by atoms with E-state index in [-0.39, 0.29) is 6.61 Å². The molecule has 0 aliphatic heterocycles. The van der Waals surface area contributed by atoms with E-state index in [1.54, 1.807) is 20.8 Å². The molecule has 28 heavy (non-hydrogen) atoms. The first-order chi connectivity index (χ1) is 12.8. The van der Waals surface area contributed by atoms with Gasteiger partial charge in [-0.15, -0.1) is 0 Å². The molecule has 0 radical (unpaired) electrons. The Kier molecular flexibility index (Phi) is 7.36. The van der Waals surface area contributed by atoms with Gasteiger partial charge in [0.2, 0.25) is 5.82 Å². The fraction of sp³-hybridized carbons (Fsp3) is 0.529. The number of benzene rings is 1. The molecule has 0 amide bonds. The molecule has 11 heteroatoms. The lowest BCUT2D eigenvalue weighted by molar-refractivity contribution is -0.388. The molecule has 0 bridgehead atoms. The summed E-state index contributed by atoms with van der Waals surface area (Å²) in [6, 6.07) is 0. The van der Waals surface area contributed by atoms with Gasteiger partial charge < -0.3 is 4.74 Å². The minimum Gasteiger partial charge on any atom is -0.465 e. The van der Waals surface area contributed by atoms with Gasteiger partial charge in [0.1, 0.15) is 17.3 Å². The summed E-state index contributed by atoms with van der Waals surface area (Å²) in [5.41, 5.74) is -4.61. The molecule has 0 heterocycles. The molecule has 0 aliphatic rings. The SMILES string of the molecule is CCOC(=O)C(CN=NC(C)(C)C)C(=O)c1c(F)c(C)c(F)c(F)c1[N+](=O)[O-]. The van der Waals surface area contributed by atoms with Crippen molar-refractivity contribution in [2.45, 2.75) is 40.2 Å². The molecule has 8 nitrogen and oxygen atoms in total. The van der Waals surface area contributed by atoms with Crippen LogP contribution in [0.2, 0.25) is 0 Å². The number of esters is 1. The highest BCUT2D eigenvalue weighted by molar-refractivity contribution is 6.11. The summed E-state index contributed by atoms with van der Waals surface area (Å²) >= 11 is 0. The molecule has 0 saturated heterocycles. The number of azo groups is 1. The fourth-order valence-electron chi connectivity index (χ4n) is 2.18. The van der Waals surface area contributed by atoms with Gasteiger partial charge in [-0.05, 0) is 34.6 Å². The Morgan fingerprint density at radius 2 is 1.75 bits per heavy atom. The fourth-order valence-corrected chi connectivity index (χ4v) is 2.18. The highest BCUT2D eigenvalue weighted by Gasteiger charge is 2.40. The number of carbonyl (C=O) groups is 2. The van der Waals surface area contributed by atoms with Gasteiger partial charge in [0.25, 0.3) is 0 Å². The molecule has 0 aromatic heterocycles. The van der Waals surface area contributed by atoms with Gasteiger partial charge in [0.15, 0.2) is 11.6 Å². The van der Waals surface area contributed by atoms with Crippen LogP contribution in [0.15, 0.2) is 10.2 Å². The third-order valence-corrected chi connectivity index (χ3v) is 3.47. The van der Waals surface area contributed by atoms with Crippen molar-refractivity contribution >= 4 is 17.4 Å². The zero-order valence-electron chi connectivity index (χ0n) is 16.0. The number of nitro benzene ring substituents is 1. The molecular weight excluding hydrogens is 383 g/mol. The molecule has 0 fully saturated rings. The molecule has 1 aromatic carbocycles. The maximum absolute atomic E-state index is 14.5. The van der Waals surface area contributed by atoms with Crippen molar-refractivity contribution in [3.8, 4) is 0 Å². The molecule has 154 valence electrons. The summed E-state index contributed by atoms with van der Waals surface area (Å²) < 4.78 is 47.0. The highest BCUT2D eigenvalue weighted by Crippen LogP contribution is 2.33. The van der Waals surface area contributed by atoms with Crippen LogP contribution in [-0.2, 0) is 9.53 Å². The molecule has 0 saturated carbocycles. The van der Waals surface area contributed by atoms with Gasteiger partial charge in [-0.25, -0.2) is 8.78 Å². The van der Waals surface area contributed by atoms with Crippen LogP contribution < -0.4 is 0 Å². The molecule has 1 rings (SSSR count). The number of hydrogen-bond donors (Lipinski definition) is 0. The number of halogens is 3. The second kappa shape index (κ2) is 8.89. The normalized spacial score (nSPS) is 12.9. The van der Waals surface area contributed by atoms with E-state index in [1.807, 2.05) is 0 Å². The number of nitro groups is 1. The minimum absolute atomic E-state index is 0.138. The highest BCUT2D eigenvalue weighted by atomic mass is 19.2. The number of ether oxygens (including phenoxy) is 1. The Balaban J connectivity index is 3.57. The van der Waals surface area contributed by atoms with Crippen LogP contribution in [0, 0.1) is 40.4 Å². The molecule has 0 N–H and O–H groups in total. The Labute approximate surface area is 158 Å². The molecule has 0 spiro atoms. The Morgan fingerprint density at radius 3 is 2.21 bits per heavy atom. The predicted molar refractivity (Wildman–Crippen MR) is 91.6 cm³/mol. The second-order valence-electron chi connectivity index (χ2n) is 6.81. The van der Waals surface area contributed by atoms with Gasteiger partial charge in [-0.3, -0.25) is 19.7 Å². The standard InChI is InChI=1S/C17H20F3N3O5/c1-6-28-16(25)9(7-21-22-17(3,4)5)15(24)10-11(18)8(2)12(19)13(20)14(10)23(26)27/h9H,6-7H2,1-5H3. The maximum atomic E-state index is 14.5. The van der Waals surface area contributed by atoms with E-state index in [0.29, 0.717) is 0 Å². The number of nitrogens with zero attached hydrogens (tertiary/aromatic N) is 3. The Hall–Kier alpha value is -2.85. The summed E-state index contributed by atoms with van der Waals surface area (Å²) in [4.78, 5) is 34.6. The third-order valence-electron chi connectivity index (χ3n) is 3.47. The van der Waals surface area contributed by atoms with Crippen molar-refractivity contribution in [2.24, 2.45) is 16.1 Å².